The summed E-state index contributed by atoms with van der Waals surface area (Å²) in [5, 5.41) is 9.63. The molecule has 1 aliphatic rings. The van der Waals surface area contributed by atoms with E-state index in [1.165, 1.54) is 0 Å². The maximum absolute atomic E-state index is 12.0. The van der Waals surface area contributed by atoms with Crippen molar-refractivity contribution < 1.29 is 19.4 Å². The van der Waals surface area contributed by atoms with Crippen molar-refractivity contribution in [3.63, 3.8) is 0 Å². The molecule has 1 rings (SSSR count). The van der Waals surface area contributed by atoms with Crippen molar-refractivity contribution in [2.75, 3.05) is 33.4 Å². The topological polar surface area (TPSA) is 59.0 Å². The van der Waals surface area contributed by atoms with Gasteiger partial charge in [-0.3, -0.25) is 0 Å². The molecule has 0 radical (unpaired) electrons. The molecule has 0 aliphatic carbocycles. The minimum Gasteiger partial charge on any atom is -0.444 e. The van der Waals surface area contributed by atoms with Crippen LogP contribution in [0.2, 0.25) is 0 Å². The second kappa shape index (κ2) is 6.57. The number of aliphatic hydroxyl groups excluding tert-OH is 1. The standard InChI is InChI=1S/C14H27NO4/c1-13(2,3)19-12(17)15-8-7-14(10-15,11-16)6-5-9-18-4/h16H,5-11H2,1-4H3/t14-/m0/s1. The van der Waals surface area contributed by atoms with Crippen LogP contribution in [0.15, 0.2) is 0 Å². The third kappa shape index (κ3) is 4.99. The van der Waals surface area contributed by atoms with Crippen LogP contribution in [0.1, 0.15) is 40.0 Å². The SMILES string of the molecule is COCCC[C@]1(CO)CCN(C(=O)OC(C)(C)C)C1. The number of carbonyl (C=O) groups excluding carboxylic acids is 1. The number of hydrogen-bond donors (Lipinski definition) is 1. The van der Waals surface area contributed by atoms with Gasteiger partial charge in [-0.25, -0.2) is 4.79 Å². The summed E-state index contributed by atoms with van der Waals surface area (Å²) in [4.78, 5) is 13.7. The van der Waals surface area contributed by atoms with Crippen LogP contribution in [0.4, 0.5) is 4.79 Å². The molecule has 0 aromatic heterocycles. The Morgan fingerprint density at radius 3 is 2.63 bits per heavy atom. The molecular weight excluding hydrogens is 246 g/mol. The Morgan fingerprint density at radius 2 is 2.11 bits per heavy atom. The molecule has 0 saturated carbocycles. The van der Waals surface area contributed by atoms with Gasteiger partial charge in [-0.1, -0.05) is 0 Å². The fourth-order valence-electron chi connectivity index (χ4n) is 2.42. The van der Waals surface area contributed by atoms with Gasteiger partial charge in [0.1, 0.15) is 5.60 Å². The first-order valence-corrected chi connectivity index (χ1v) is 6.90. The Morgan fingerprint density at radius 1 is 1.42 bits per heavy atom. The molecule has 0 aromatic carbocycles. The van der Waals surface area contributed by atoms with E-state index in [1.54, 1.807) is 12.0 Å². The number of ether oxygens (including phenoxy) is 2. The van der Waals surface area contributed by atoms with Crippen molar-refractivity contribution in [3.05, 3.63) is 0 Å². The van der Waals surface area contributed by atoms with Crippen molar-refractivity contribution >= 4 is 6.09 Å². The van der Waals surface area contributed by atoms with Crippen molar-refractivity contribution in [2.45, 2.75) is 45.6 Å². The van der Waals surface area contributed by atoms with Gasteiger partial charge in [-0.05, 0) is 40.0 Å². The van der Waals surface area contributed by atoms with Crippen LogP contribution in [0.5, 0.6) is 0 Å². The van der Waals surface area contributed by atoms with E-state index in [2.05, 4.69) is 0 Å². The van der Waals surface area contributed by atoms with E-state index in [-0.39, 0.29) is 18.1 Å². The number of rotatable bonds is 5. The molecule has 5 heteroatoms. The molecule has 1 heterocycles. The Kier molecular flexibility index (Phi) is 5.62. The molecule has 1 saturated heterocycles. The highest BCUT2D eigenvalue weighted by Crippen LogP contribution is 2.35. The van der Waals surface area contributed by atoms with Gasteiger partial charge in [0.25, 0.3) is 0 Å². The average molecular weight is 273 g/mol. The van der Waals surface area contributed by atoms with Crippen LogP contribution < -0.4 is 0 Å². The lowest BCUT2D eigenvalue weighted by Gasteiger charge is -2.28. The number of methoxy groups -OCH3 is 1. The molecule has 5 nitrogen and oxygen atoms in total. The minimum absolute atomic E-state index is 0.107. The highest BCUT2D eigenvalue weighted by Gasteiger charge is 2.40. The second-order valence-electron chi connectivity index (χ2n) is 6.41. The van der Waals surface area contributed by atoms with Gasteiger partial charge in [0.15, 0.2) is 0 Å². The monoisotopic (exact) mass is 273 g/mol. The van der Waals surface area contributed by atoms with Gasteiger partial charge in [0.2, 0.25) is 0 Å². The number of amides is 1. The zero-order valence-corrected chi connectivity index (χ0v) is 12.6. The average Bonchev–Trinajstić information content (AvgIpc) is 2.73. The summed E-state index contributed by atoms with van der Waals surface area (Å²) in [7, 11) is 1.67. The summed E-state index contributed by atoms with van der Waals surface area (Å²) in [6.45, 7) is 7.60. The summed E-state index contributed by atoms with van der Waals surface area (Å²) in [6, 6.07) is 0. The van der Waals surface area contributed by atoms with Crippen molar-refractivity contribution in [2.24, 2.45) is 5.41 Å². The van der Waals surface area contributed by atoms with E-state index >= 15 is 0 Å². The van der Waals surface area contributed by atoms with E-state index in [0.717, 1.165) is 19.3 Å². The van der Waals surface area contributed by atoms with Crippen molar-refractivity contribution in [3.8, 4) is 0 Å². The molecule has 112 valence electrons. The molecule has 1 N–H and O–H groups in total. The van der Waals surface area contributed by atoms with Crippen molar-refractivity contribution in [1.82, 2.24) is 4.90 Å². The number of hydrogen-bond acceptors (Lipinski definition) is 4. The van der Waals surface area contributed by atoms with E-state index in [0.29, 0.717) is 19.7 Å². The third-order valence-electron chi connectivity index (χ3n) is 3.48. The molecule has 0 unspecified atom stereocenters. The smallest absolute Gasteiger partial charge is 0.410 e. The highest BCUT2D eigenvalue weighted by atomic mass is 16.6. The first kappa shape index (κ1) is 16.2. The first-order chi connectivity index (χ1) is 8.82. The van der Waals surface area contributed by atoms with Gasteiger partial charge >= 0.3 is 6.09 Å². The Hall–Kier alpha value is -0.810. The number of carbonyl (C=O) groups is 1. The molecule has 0 bridgehead atoms. The predicted molar refractivity (Wildman–Crippen MR) is 73.1 cm³/mol. The molecule has 0 aromatic rings. The third-order valence-corrected chi connectivity index (χ3v) is 3.48. The van der Waals surface area contributed by atoms with E-state index < -0.39 is 5.60 Å². The Balaban J connectivity index is 2.52. The molecule has 19 heavy (non-hydrogen) atoms. The summed E-state index contributed by atoms with van der Waals surface area (Å²) < 4.78 is 10.4. The van der Waals surface area contributed by atoms with Crippen LogP contribution in [-0.2, 0) is 9.47 Å². The van der Waals surface area contributed by atoms with Crippen LogP contribution >= 0.6 is 0 Å². The van der Waals surface area contributed by atoms with E-state index in [4.69, 9.17) is 9.47 Å². The van der Waals surface area contributed by atoms with Gasteiger partial charge in [-0.2, -0.15) is 0 Å². The summed E-state index contributed by atoms with van der Waals surface area (Å²) in [5.74, 6) is 0. The molecule has 0 spiro atoms. The van der Waals surface area contributed by atoms with Gasteiger partial charge in [0.05, 0.1) is 6.61 Å². The van der Waals surface area contributed by atoms with E-state index in [9.17, 15) is 9.90 Å². The predicted octanol–water partition coefficient (Wildman–Crippen LogP) is 2.03. The summed E-state index contributed by atoms with van der Waals surface area (Å²) in [5.41, 5.74) is -0.660. The Labute approximate surface area is 115 Å². The normalized spacial score (nSPS) is 23.7. The highest BCUT2D eigenvalue weighted by molar-refractivity contribution is 5.68. The lowest BCUT2D eigenvalue weighted by Crippen LogP contribution is -2.38. The first-order valence-electron chi connectivity index (χ1n) is 6.90. The lowest BCUT2D eigenvalue weighted by atomic mass is 9.83. The minimum atomic E-state index is -0.475. The fraction of sp³-hybridized carbons (Fsp3) is 0.929. The molecule has 1 atom stereocenters. The molecule has 1 aliphatic heterocycles. The van der Waals surface area contributed by atoms with Crippen LogP contribution in [-0.4, -0.2) is 55.1 Å². The van der Waals surface area contributed by atoms with Crippen LogP contribution in [0.25, 0.3) is 0 Å². The van der Waals surface area contributed by atoms with Crippen molar-refractivity contribution in [1.29, 1.82) is 0 Å². The quantitative estimate of drug-likeness (QED) is 0.779. The maximum atomic E-state index is 12.0. The summed E-state index contributed by atoms with van der Waals surface area (Å²) >= 11 is 0. The second-order valence-corrected chi connectivity index (χ2v) is 6.41. The largest absolute Gasteiger partial charge is 0.444 e. The molecule has 1 fully saturated rings. The number of likely N-dealkylation sites (tertiary alicyclic amines) is 1. The zero-order valence-electron chi connectivity index (χ0n) is 12.6. The van der Waals surface area contributed by atoms with Gasteiger partial charge in [0, 0.05) is 32.2 Å². The fourth-order valence-corrected chi connectivity index (χ4v) is 2.42. The summed E-state index contributed by atoms with van der Waals surface area (Å²) in [6.07, 6.45) is 2.32. The molecule has 1 amide bonds. The van der Waals surface area contributed by atoms with E-state index in [1.807, 2.05) is 20.8 Å². The number of aliphatic hydroxyl groups is 1. The van der Waals surface area contributed by atoms with Gasteiger partial charge in [-0.15, -0.1) is 0 Å². The molecular formula is C14H27NO4. The van der Waals surface area contributed by atoms with Crippen LogP contribution in [0, 0.1) is 5.41 Å². The lowest BCUT2D eigenvalue weighted by molar-refractivity contribution is 0.0245. The maximum Gasteiger partial charge on any atom is 0.410 e. The van der Waals surface area contributed by atoms with Crippen LogP contribution in [0.3, 0.4) is 0 Å². The zero-order chi connectivity index (χ0) is 14.5. The van der Waals surface area contributed by atoms with Gasteiger partial charge < -0.3 is 19.5 Å². The Bertz CT molecular complexity index is 300. The number of nitrogens with zero attached hydrogens (tertiary/aromatic N) is 1.